The second kappa shape index (κ2) is 11.5. The van der Waals surface area contributed by atoms with Gasteiger partial charge in [0, 0.05) is 33.2 Å². The number of hydrogen-bond donors (Lipinski definition) is 0. The third-order valence-electron chi connectivity index (χ3n) is 9.82. The Balaban J connectivity index is 1.08. The van der Waals surface area contributed by atoms with Gasteiger partial charge in [-0.05, 0) is 111 Å². The molecule has 3 nitrogen and oxygen atoms in total. The Hall–Kier alpha value is -6.71. The summed E-state index contributed by atoms with van der Waals surface area (Å²) in [5, 5.41) is 8.14. The Kier molecular flexibility index (Phi) is 6.49. The average molecular weight is 639 g/mol. The molecule has 0 fully saturated rings. The van der Waals surface area contributed by atoms with Crippen molar-refractivity contribution in [3.63, 3.8) is 0 Å². The van der Waals surface area contributed by atoms with E-state index in [1.807, 2.05) is 18.2 Å². The van der Waals surface area contributed by atoms with E-state index in [1.54, 1.807) is 0 Å². The van der Waals surface area contributed by atoms with Gasteiger partial charge in [0.15, 0.2) is 0 Å². The van der Waals surface area contributed by atoms with Gasteiger partial charge in [-0.1, -0.05) is 115 Å². The summed E-state index contributed by atoms with van der Waals surface area (Å²) in [4.78, 5) is 7.23. The smallest absolute Gasteiger partial charge is 0.227 e. The van der Waals surface area contributed by atoms with E-state index < -0.39 is 0 Å². The third kappa shape index (κ3) is 4.87. The van der Waals surface area contributed by atoms with Crippen molar-refractivity contribution in [1.29, 1.82) is 0 Å². The summed E-state index contributed by atoms with van der Waals surface area (Å²) in [5.74, 6) is 0. The monoisotopic (exact) mass is 638 g/mol. The van der Waals surface area contributed by atoms with Crippen molar-refractivity contribution < 1.29 is 4.42 Å². The maximum Gasteiger partial charge on any atom is 0.227 e. The van der Waals surface area contributed by atoms with E-state index >= 15 is 0 Å². The number of aromatic nitrogens is 1. The van der Waals surface area contributed by atoms with Crippen LogP contribution in [0, 0.1) is 0 Å². The Morgan fingerprint density at radius 1 is 0.360 bits per heavy atom. The zero-order valence-corrected chi connectivity index (χ0v) is 27.1. The number of pyridine rings is 1. The lowest BCUT2D eigenvalue weighted by Gasteiger charge is -2.26. The number of anilines is 3. The molecule has 0 bridgehead atoms. The molecule has 0 aliphatic heterocycles. The molecule has 2 aromatic heterocycles. The maximum absolute atomic E-state index is 6.10. The van der Waals surface area contributed by atoms with E-state index in [4.69, 9.17) is 9.40 Å². The minimum Gasteiger partial charge on any atom is -0.438 e. The van der Waals surface area contributed by atoms with Gasteiger partial charge < -0.3 is 9.32 Å². The number of hydrogen-bond acceptors (Lipinski definition) is 3. The predicted octanol–water partition coefficient (Wildman–Crippen LogP) is 13.2. The molecule has 10 rings (SSSR count). The number of para-hydroxylation sites is 1. The zero-order chi connectivity index (χ0) is 33.0. The molecule has 0 N–H and O–H groups in total. The Labute approximate surface area is 289 Å². The first-order valence-corrected chi connectivity index (χ1v) is 16.9. The van der Waals surface area contributed by atoms with Crippen LogP contribution in [0.25, 0.3) is 76.8 Å². The van der Waals surface area contributed by atoms with Gasteiger partial charge in [0.05, 0.1) is 5.52 Å². The van der Waals surface area contributed by atoms with Crippen molar-refractivity contribution in [3.05, 3.63) is 182 Å². The minimum atomic E-state index is 0.664. The molecule has 0 amide bonds. The first kappa shape index (κ1) is 28.3. The van der Waals surface area contributed by atoms with Crippen molar-refractivity contribution in [2.45, 2.75) is 0 Å². The fourth-order valence-electron chi connectivity index (χ4n) is 7.23. The summed E-state index contributed by atoms with van der Waals surface area (Å²) in [6, 6.07) is 65.0. The van der Waals surface area contributed by atoms with Crippen molar-refractivity contribution in [3.8, 4) is 22.3 Å². The number of benzene rings is 8. The molecular weight excluding hydrogens is 609 g/mol. The van der Waals surface area contributed by atoms with Crippen molar-refractivity contribution in [2.24, 2.45) is 0 Å². The second-order valence-electron chi connectivity index (χ2n) is 12.9. The van der Waals surface area contributed by atoms with Crippen LogP contribution in [0.4, 0.5) is 17.1 Å². The second-order valence-corrected chi connectivity index (χ2v) is 12.9. The van der Waals surface area contributed by atoms with Gasteiger partial charge in [-0.15, -0.1) is 0 Å². The van der Waals surface area contributed by atoms with Crippen LogP contribution in [0.5, 0.6) is 0 Å². The third-order valence-corrected chi connectivity index (χ3v) is 9.82. The van der Waals surface area contributed by atoms with E-state index in [0.29, 0.717) is 5.71 Å². The van der Waals surface area contributed by atoms with Gasteiger partial charge in [0.25, 0.3) is 0 Å². The van der Waals surface area contributed by atoms with E-state index in [9.17, 15) is 0 Å². The molecule has 0 saturated carbocycles. The van der Waals surface area contributed by atoms with Gasteiger partial charge in [0.1, 0.15) is 5.58 Å². The fraction of sp³-hybridized carbons (Fsp3) is 0. The molecule has 10 aromatic rings. The maximum atomic E-state index is 6.10. The first-order valence-electron chi connectivity index (χ1n) is 16.9. The highest BCUT2D eigenvalue weighted by Gasteiger charge is 2.16. The van der Waals surface area contributed by atoms with Crippen LogP contribution in [-0.4, -0.2) is 4.98 Å². The molecule has 2 heterocycles. The van der Waals surface area contributed by atoms with Gasteiger partial charge >= 0.3 is 0 Å². The number of furan rings is 1. The molecule has 0 atom stereocenters. The molecule has 0 spiro atoms. The van der Waals surface area contributed by atoms with Crippen LogP contribution >= 0.6 is 0 Å². The normalized spacial score (nSPS) is 11.6. The minimum absolute atomic E-state index is 0.664. The van der Waals surface area contributed by atoms with E-state index in [2.05, 4.69) is 169 Å². The average Bonchev–Trinajstić information content (AvgIpc) is 3.54. The lowest BCUT2D eigenvalue weighted by Crippen LogP contribution is -2.10. The molecule has 0 unspecified atom stereocenters. The first-order chi connectivity index (χ1) is 24.7. The van der Waals surface area contributed by atoms with Crippen LogP contribution in [0.2, 0.25) is 0 Å². The summed E-state index contributed by atoms with van der Waals surface area (Å²) in [5.41, 5.74) is 10.4. The number of nitrogens with zero attached hydrogens (tertiary/aromatic N) is 2. The molecule has 8 aromatic carbocycles. The van der Waals surface area contributed by atoms with Crippen LogP contribution < -0.4 is 4.90 Å². The highest BCUT2D eigenvalue weighted by atomic mass is 16.3. The molecule has 3 heteroatoms. The zero-order valence-electron chi connectivity index (χ0n) is 27.1. The summed E-state index contributed by atoms with van der Waals surface area (Å²) in [6.45, 7) is 0. The fourth-order valence-corrected chi connectivity index (χ4v) is 7.23. The Morgan fingerprint density at radius 3 is 1.50 bits per heavy atom. The topological polar surface area (TPSA) is 29.3 Å². The van der Waals surface area contributed by atoms with E-state index in [0.717, 1.165) is 44.3 Å². The molecule has 50 heavy (non-hydrogen) atoms. The van der Waals surface area contributed by atoms with Gasteiger partial charge in [-0.25, -0.2) is 4.98 Å². The quantitative estimate of drug-likeness (QED) is 0.188. The summed E-state index contributed by atoms with van der Waals surface area (Å²) in [7, 11) is 0. The number of rotatable bonds is 5. The molecular formula is C47H30N2O. The SMILES string of the molecule is c1ccc2cc(-c3ccc(N(c4ccc(-c5ccc6ccccc6c5)cc4)c4ccc5nc6oc7ccccc7c6cc5c4)cc3)ccc2c1. The van der Waals surface area contributed by atoms with Gasteiger partial charge in [0.2, 0.25) is 5.71 Å². The highest BCUT2D eigenvalue weighted by Crippen LogP contribution is 2.39. The molecule has 0 aliphatic rings. The molecule has 234 valence electrons. The van der Waals surface area contributed by atoms with E-state index in [-0.39, 0.29) is 0 Å². The Bertz CT molecular complexity index is 2750. The van der Waals surface area contributed by atoms with Crippen LogP contribution in [0.15, 0.2) is 186 Å². The molecule has 0 saturated heterocycles. The predicted molar refractivity (Wildman–Crippen MR) is 210 cm³/mol. The standard InChI is InChI=1S/C47H30N2O/c1-3-9-35-27-37(15-13-31(35)7-1)33-17-21-40(22-18-33)49(41-23-19-34(20-24-41)38-16-14-32-8-2-4-10-36(32)28-38)42-25-26-45-39(29-42)30-44-43-11-5-6-12-46(43)50-47(44)48-45/h1-30H. The highest BCUT2D eigenvalue weighted by molar-refractivity contribution is 6.08. The summed E-state index contributed by atoms with van der Waals surface area (Å²) < 4.78 is 6.10. The van der Waals surface area contributed by atoms with Gasteiger partial charge in [-0.2, -0.15) is 0 Å². The summed E-state index contributed by atoms with van der Waals surface area (Å²) in [6.07, 6.45) is 0. The Morgan fingerprint density at radius 2 is 0.880 bits per heavy atom. The van der Waals surface area contributed by atoms with Crippen LogP contribution in [-0.2, 0) is 0 Å². The summed E-state index contributed by atoms with van der Waals surface area (Å²) >= 11 is 0. The van der Waals surface area contributed by atoms with Crippen LogP contribution in [0.1, 0.15) is 0 Å². The van der Waals surface area contributed by atoms with Crippen molar-refractivity contribution in [2.75, 3.05) is 4.90 Å². The van der Waals surface area contributed by atoms with Crippen molar-refractivity contribution in [1.82, 2.24) is 4.98 Å². The lowest BCUT2D eigenvalue weighted by atomic mass is 10.00. The largest absolute Gasteiger partial charge is 0.438 e. The van der Waals surface area contributed by atoms with E-state index in [1.165, 1.54) is 43.8 Å². The molecule has 0 aliphatic carbocycles. The van der Waals surface area contributed by atoms with Crippen molar-refractivity contribution >= 4 is 71.6 Å². The molecule has 0 radical (unpaired) electrons. The van der Waals surface area contributed by atoms with Gasteiger partial charge in [-0.3, -0.25) is 0 Å². The van der Waals surface area contributed by atoms with Crippen LogP contribution in [0.3, 0.4) is 0 Å². The number of fused-ring (bicyclic) bond motifs is 6. The lowest BCUT2D eigenvalue weighted by molar-refractivity contribution is 0.656.